The zero-order chi connectivity index (χ0) is 15.8. The lowest BCUT2D eigenvalue weighted by Gasteiger charge is -2.24. The molecule has 0 aliphatic heterocycles. The standard InChI is InChI=1S/C15H22N2O4/c1-11(2)17(10-15(19)20)9-8-14(18)16-12-6-4-5-7-13(12)21-3/h4-7,11H,8-10H2,1-3H3,(H,16,18)(H,19,20). The van der Waals surface area contributed by atoms with Crippen LogP contribution in [0.25, 0.3) is 0 Å². The summed E-state index contributed by atoms with van der Waals surface area (Å²) in [7, 11) is 1.54. The van der Waals surface area contributed by atoms with Crippen molar-refractivity contribution in [3.63, 3.8) is 0 Å². The number of ether oxygens (including phenoxy) is 1. The van der Waals surface area contributed by atoms with Crippen molar-refractivity contribution in [2.45, 2.75) is 26.3 Å². The number of carboxylic acids is 1. The van der Waals surface area contributed by atoms with Crippen LogP contribution in [0.15, 0.2) is 24.3 Å². The van der Waals surface area contributed by atoms with Crippen LogP contribution in [0.4, 0.5) is 5.69 Å². The molecule has 6 nitrogen and oxygen atoms in total. The molecule has 1 amide bonds. The van der Waals surface area contributed by atoms with E-state index in [4.69, 9.17) is 9.84 Å². The molecule has 0 spiro atoms. The topological polar surface area (TPSA) is 78.9 Å². The second kappa shape index (κ2) is 8.26. The minimum atomic E-state index is -0.895. The molecule has 116 valence electrons. The lowest BCUT2D eigenvalue weighted by Crippen LogP contribution is -2.37. The molecule has 0 aliphatic rings. The van der Waals surface area contributed by atoms with Crippen molar-refractivity contribution >= 4 is 17.6 Å². The number of para-hydroxylation sites is 2. The first-order valence-electron chi connectivity index (χ1n) is 6.82. The molecule has 2 N–H and O–H groups in total. The van der Waals surface area contributed by atoms with Crippen LogP contribution in [0.1, 0.15) is 20.3 Å². The molecule has 0 aliphatic carbocycles. The summed E-state index contributed by atoms with van der Waals surface area (Å²) in [5.41, 5.74) is 0.610. The van der Waals surface area contributed by atoms with Gasteiger partial charge in [0.25, 0.3) is 0 Å². The van der Waals surface area contributed by atoms with Gasteiger partial charge in [-0.05, 0) is 26.0 Å². The number of anilines is 1. The van der Waals surface area contributed by atoms with Gasteiger partial charge < -0.3 is 15.2 Å². The highest BCUT2D eigenvalue weighted by molar-refractivity contribution is 5.92. The smallest absolute Gasteiger partial charge is 0.317 e. The van der Waals surface area contributed by atoms with Gasteiger partial charge >= 0.3 is 5.97 Å². The average Bonchev–Trinajstić information content (AvgIpc) is 2.43. The lowest BCUT2D eigenvalue weighted by molar-refractivity contribution is -0.139. The van der Waals surface area contributed by atoms with E-state index in [-0.39, 0.29) is 24.9 Å². The van der Waals surface area contributed by atoms with Gasteiger partial charge in [-0.2, -0.15) is 0 Å². The maximum absolute atomic E-state index is 12.0. The largest absolute Gasteiger partial charge is 0.495 e. The van der Waals surface area contributed by atoms with Gasteiger partial charge in [0.15, 0.2) is 0 Å². The predicted octanol–water partition coefficient (Wildman–Crippen LogP) is 1.82. The van der Waals surface area contributed by atoms with E-state index < -0.39 is 5.97 Å². The van der Waals surface area contributed by atoms with Gasteiger partial charge in [-0.25, -0.2) is 0 Å². The van der Waals surface area contributed by atoms with E-state index in [1.165, 1.54) is 0 Å². The van der Waals surface area contributed by atoms with Gasteiger partial charge in [0.1, 0.15) is 5.75 Å². The van der Waals surface area contributed by atoms with Crippen LogP contribution in [0.3, 0.4) is 0 Å². The van der Waals surface area contributed by atoms with Crippen LogP contribution in [0, 0.1) is 0 Å². The van der Waals surface area contributed by atoms with Gasteiger partial charge in [-0.3, -0.25) is 14.5 Å². The molecule has 0 bridgehead atoms. The second-order valence-electron chi connectivity index (χ2n) is 4.96. The van der Waals surface area contributed by atoms with Gasteiger partial charge in [-0.15, -0.1) is 0 Å². The number of carbonyl (C=O) groups excluding carboxylic acids is 1. The Morgan fingerprint density at radius 3 is 2.57 bits per heavy atom. The molecule has 0 fully saturated rings. The molecule has 0 atom stereocenters. The normalized spacial score (nSPS) is 10.7. The van der Waals surface area contributed by atoms with Crippen LogP contribution in [0.2, 0.25) is 0 Å². The number of benzene rings is 1. The first-order valence-corrected chi connectivity index (χ1v) is 6.82. The van der Waals surface area contributed by atoms with Gasteiger partial charge in [0, 0.05) is 19.0 Å². The second-order valence-corrected chi connectivity index (χ2v) is 4.96. The molecule has 0 radical (unpaired) electrons. The summed E-state index contributed by atoms with van der Waals surface area (Å²) in [6, 6.07) is 7.22. The highest BCUT2D eigenvalue weighted by atomic mass is 16.5. The summed E-state index contributed by atoms with van der Waals surface area (Å²) in [5, 5.41) is 11.6. The minimum Gasteiger partial charge on any atom is -0.495 e. The molecule has 0 unspecified atom stereocenters. The zero-order valence-electron chi connectivity index (χ0n) is 12.6. The Balaban J connectivity index is 2.55. The maximum atomic E-state index is 12.0. The number of nitrogens with one attached hydrogen (secondary N) is 1. The molecule has 0 aromatic heterocycles. The third-order valence-corrected chi connectivity index (χ3v) is 3.08. The Morgan fingerprint density at radius 1 is 1.33 bits per heavy atom. The first kappa shape index (κ1) is 17.0. The molecule has 6 heteroatoms. The quantitative estimate of drug-likeness (QED) is 0.764. The van der Waals surface area contributed by atoms with Gasteiger partial charge in [-0.1, -0.05) is 12.1 Å². The fraction of sp³-hybridized carbons (Fsp3) is 0.467. The number of amides is 1. The SMILES string of the molecule is COc1ccccc1NC(=O)CCN(CC(=O)O)C(C)C. The van der Waals surface area contributed by atoms with Crippen molar-refractivity contribution in [1.29, 1.82) is 0 Å². The number of carboxylic acid groups (broad SMARTS) is 1. The highest BCUT2D eigenvalue weighted by Gasteiger charge is 2.15. The number of aliphatic carboxylic acids is 1. The summed E-state index contributed by atoms with van der Waals surface area (Å²) in [4.78, 5) is 24.5. The summed E-state index contributed by atoms with van der Waals surface area (Å²) in [5.74, 6) is -0.471. The molecule has 1 rings (SSSR count). The molecular formula is C15H22N2O4. The minimum absolute atomic E-state index is 0.0696. The zero-order valence-corrected chi connectivity index (χ0v) is 12.6. The van der Waals surface area contributed by atoms with E-state index in [2.05, 4.69) is 5.32 Å². The number of carbonyl (C=O) groups is 2. The van der Waals surface area contributed by atoms with E-state index in [1.807, 2.05) is 26.0 Å². The van der Waals surface area contributed by atoms with Gasteiger partial charge in [0.05, 0.1) is 19.3 Å². The lowest BCUT2D eigenvalue weighted by atomic mass is 10.2. The third-order valence-electron chi connectivity index (χ3n) is 3.08. The molecule has 0 saturated carbocycles. The number of hydrogen-bond acceptors (Lipinski definition) is 4. The number of methoxy groups -OCH3 is 1. The van der Waals surface area contributed by atoms with Crippen molar-refractivity contribution < 1.29 is 19.4 Å². The van der Waals surface area contributed by atoms with Crippen LogP contribution in [-0.4, -0.2) is 48.1 Å². The Hall–Kier alpha value is -2.08. The van der Waals surface area contributed by atoms with E-state index in [9.17, 15) is 9.59 Å². The predicted molar refractivity (Wildman–Crippen MR) is 80.6 cm³/mol. The van der Waals surface area contributed by atoms with Crippen LogP contribution < -0.4 is 10.1 Å². The number of rotatable bonds is 8. The van der Waals surface area contributed by atoms with E-state index >= 15 is 0 Å². The van der Waals surface area contributed by atoms with E-state index in [0.29, 0.717) is 18.0 Å². The Bertz CT molecular complexity index is 488. The summed E-state index contributed by atoms with van der Waals surface area (Å²) >= 11 is 0. The highest BCUT2D eigenvalue weighted by Crippen LogP contribution is 2.23. The molecule has 1 aromatic carbocycles. The van der Waals surface area contributed by atoms with E-state index in [1.54, 1.807) is 24.1 Å². The van der Waals surface area contributed by atoms with Crippen molar-refractivity contribution in [3.05, 3.63) is 24.3 Å². The van der Waals surface area contributed by atoms with Crippen molar-refractivity contribution in [1.82, 2.24) is 4.90 Å². The third kappa shape index (κ3) is 5.83. The maximum Gasteiger partial charge on any atom is 0.317 e. The van der Waals surface area contributed by atoms with E-state index in [0.717, 1.165) is 0 Å². The Morgan fingerprint density at radius 2 is 2.00 bits per heavy atom. The average molecular weight is 294 g/mol. The van der Waals surface area contributed by atoms with Crippen LogP contribution >= 0.6 is 0 Å². The molecule has 0 saturated heterocycles. The summed E-state index contributed by atoms with van der Waals surface area (Å²) < 4.78 is 5.16. The molecule has 1 aromatic rings. The molecule has 0 heterocycles. The number of hydrogen-bond donors (Lipinski definition) is 2. The number of nitrogens with zero attached hydrogens (tertiary/aromatic N) is 1. The molecular weight excluding hydrogens is 272 g/mol. The van der Waals surface area contributed by atoms with Crippen molar-refractivity contribution in [3.8, 4) is 5.75 Å². The fourth-order valence-corrected chi connectivity index (χ4v) is 1.90. The van der Waals surface area contributed by atoms with Crippen LogP contribution in [0.5, 0.6) is 5.75 Å². The fourth-order valence-electron chi connectivity index (χ4n) is 1.90. The Kier molecular flexibility index (Phi) is 6.68. The van der Waals surface area contributed by atoms with Crippen molar-refractivity contribution in [2.24, 2.45) is 0 Å². The van der Waals surface area contributed by atoms with Crippen molar-refractivity contribution in [2.75, 3.05) is 25.5 Å². The van der Waals surface area contributed by atoms with Crippen LogP contribution in [-0.2, 0) is 9.59 Å². The Labute approximate surface area is 124 Å². The monoisotopic (exact) mass is 294 g/mol. The first-order chi connectivity index (χ1) is 9.93. The van der Waals surface area contributed by atoms with Gasteiger partial charge in [0.2, 0.25) is 5.91 Å². The molecule has 21 heavy (non-hydrogen) atoms. The summed E-state index contributed by atoms with van der Waals surface area (Å²) in [6.45, 7) is 4.13. The summed E-state index contributed by atoms with van der Waals surface area (Å²) in [6.07, 6.45) is 0.226.